The minimum absolute atomic E-state index is 0.0691. The Kier molecular flexibility index (Phi) is 4.48. The number of aryl methyl sites for hydroxylation is 1. The van der Waals surface area contributed by atoms with E-state index in [1.807, 2.05) is 6.92 Å². The lowest BCUT2D eigenvalue weighted by molar-refractivity contribution is -0.153. The molecule has 1 N–H and O–H groups in total. The van der Waals surface area contributed by atoms with E-state index in [9.17, 15) is 13.2 Å². The van der Waals surface area contributed by atoms with Gasteiger partial charge in [-0.3, -0.25) is 0 Å². The maximum Gasteiger partial charge on any atom is 0.334 e. The van der Waals surface area contributed by atoms with Crippen LogP contribution in [0.15, 0.2) is 27.6 Å². The van der Waals surface area contributed by atoms with E-state index in [-0.39, 0.29) is 24.6 Å². The summed E-state index contributed by atoms with van der Waals surface area (Å²) in [5.74, 6) is -1.16. The lowest BCUT2D eigenvalue weighted by atomic mass is 10.2. The van der Waals surface area contributed by atoms with E-state index < -0.39 is 22.1 Å². The van der Waals surface area contributed by atoms with E-state index in [1.165, 1.54) is 6.07 Å². The Labute approximate surface area is 125 Å². The molecule has 0 saturated carbocycles. The van der Waals surface area contributed by atoms with Crippen LogP contribution in [0.1, 0.15) is 5.56 Å². The van der Waals surface area contributed by atoms with Crippen molar-refractivity contribution in [3.05, 3.63) is 28.2 Å². The van der Waals surface area contributed by atoms with Gasteiger partial charge in [-0.05, 0) is 40.5 Å². The number of rotatable bonds is 3. The number of benzene rings is 1. The Hall–Kier alpha value is -0.960. The van der Waals surface area contributed by atoms with Gasteiger partial charge in [0.05, 0.1) is 18.0 Å². The van der Waals surface area contributed by atoms with Crippen LogP contribution in [0.25, 0.3) is 0 Å². The number of hydrogen-bond donors (Lipinski definition) is 1. The highest BCUT2D eigenvalue weighted by Gasteiger charge is 2.34. The molecule has 1 fully saturated rings. The third-order valence-corrected chi connectivity index (χ3v) is 5.85. The first kappa shape index (κ1) is 15.4. The van der Waals surface area contributed by atoms with Gasteiger partial charge in [-0.2, -0.15) is 4.31 Å². The highest BCUT2D eigenvalue weighted by Crippen LogP contribution is 2.27. The monoisotopic (exact) mass is 363 g/mol. The van der Waals surface area contributed by atoms with Crippen LogP contribution in [-0.4, -0.2) is 49.6 Å². The van der Waals surface area contributed by atoms with Gasteiger partial charge in [-0.15, -0.1) is 0 Å². The van der Waals surface area contributed by atoms with Crippen molar-refractivity contribution < 1.29 is 23.1 Å². The van der Waals surface area contributed by atoms with Gasteiger partial charge in [-0.1, -0.05) is 6.07 Å². The third-order valence-electron chi connectivity index (χ3n) is 3.01. The lowest BCUT2D eigenvalue weighted by Crippen LogP contribution is -2.48. The summed E-state index contributed by atoms with van der Waals surface area (Å²) in [5, 5.41) is 8.93. The van der Waals surface area contributed by atoms with Crippen molar-refractivity contribution in [2.24, 2.45) is 0 Å². The summed E-state index contributed by atoms with van der Waals surface area (Å²) >= 11 is 3.24. The van der Waals surface area contributed by atoms with Gasteiger partial charge in [0, 0.05) is 11.0 Å². The first-order chi connectivity index (χ1) is 9.32. The molecule has 1 aromatic rings. The lowest BCUT2D eigenvalue weighted by Gasteiger charge is -2.30. The van der Waals surface area contributed by atoms with Crippen molar-refractivity contribution in [3.8, 4) is 0 Å². The molecule has 0 aliphatic carbocycles. The number of carboxylic acids is 1. The maximum absolute atomic E-state index is 12.5. The Morgan fingerprint density at radius 3 is 2.80 bits per heavy atom. The molecule has 1 aromatic carbocycles. The number of carbonyl (C=O) groups is 1. The van der Waals surface area contributed by atoms with Crippen molar-refractivity contribution in [2.75, 3.05) is 19.7 Å². The fourth-order valence-electron chi connectivity index (χ4n) is 1.95. The van der Waals surface area contributed by atoms with E-state index >= 15 is 0 Å². The minimum Gasteiger partial charge on any atom is -0.479 e. The molecule has 1 aliphatic heterocycles. The molecule has 20 heavy (non-hydrogen) atoms. The zero-order chi connectivity index (χ0) is 14.9. The molecule has 2 rings (SSSR count). The second-order valence-electron chi connectivity index (χ2n) is 4.49. The number of halogens is 1. The van der Waals surface area contributed by atoms with Crippen molar-refractivity contribution in [2.45, 2.75) is 17.9 Å². The van der Waals surface area contributed by atoms with Crippen molar-refractivity contribution >= 4 is 31.9 Å². The molecule has 6 nitrogen and oxygen atoms in total. The molecule has 0 amide bonds. The Morgan fingerprint density at radius 1 is 1.50 bits per heavy atom. The fourth-order valence-corrected chi connectivity index (χ4v) is 4.52. The Morgan fingerprint density at radius 2 is 2.20 bits per heavy atom. The normalized spacial score (nSPS) is 20.8. The second-order valence-corrected chi connectivity index (χ2v) is 7.26. The highest BCUT2D eigenvalue weighted by molar-refractivity contribution is 9.10. The maximum atomic E-state index is 12.5. The summed E-state index contributed by atoms with van der Waals surface area (Å²) in [5.41, 5.74) is 0.932. The predicted molar refractivity (Wildman–Crippen MR) is 75.0 cm³/mol. The molecule has 0 radical (unpaired) electrons. The summed E-state index contributed by atoms with van der Waals surface area (Å²) < 4.78 is 31.7. The standard InChI is InChI=1S/C12H14BrNO5S/c1-8-2-3-11(9(13)6-8)20(17,18)14-4-5-19-10(7-14)12(15)16/h2-3,6,10H,4-5,7H2,1H3,(H,15,16). The van der Waals surface area contributed by atoms with Crippen LogP contribution in [0.2, 0.25) is 0 Å². The number of aliphatic carboxylic acids is 1. The molecule has 1 unspecified atom stereocenters. The Balaban J connectivity index is 2.32. The minimum atomic E-state index is -3.73. The first-order valence-electron chi connectivity index (χ1n) is 5.93. The molecule has 1 heterocycles. The smallest absolute Gasteiger partial charge is 0.334 e. The van der Waals surface area contributed by atoms with Crippen molar-refractivity contribution in [1.29, 1.82) is 0 Å². The van der Waals surface area contributed by atoms with E-state index in [4.69, 9.17) is 9.84 Å². The molecule has 0 spiro atoms. The topological polar surface area (TPSA) is 83.9 Å². The average Bonchev–Trinajstić information content (AvgIpc) is 2.38. The predicted octanol–water partition coefficient (Wildman–Crippen LogP) is 1.23. The van der Waals surface area contributed by atoms with Crippen LogP contribution in [-0.2, 0) is 19.6 Å². The summed E-state index contributed by atoms with van der Waals surface area (Å²) in [6, 6.07) is 4.93. The number of hydrogen-bond acceptors (Lipinski definition) is 4. The zero-order valence-electron chi connectivity index (χ0n) is 10.7. The Bertz CT molecular complexity index is 631. The molecule has 8 heteroatoms. The summed E-state index contributed by atoms with van der Waals surface area (Å²) in [6.45, 7) is 1.89. The van der Waals surface area contributed by atoms with Crippen LogP contribution >= 0.6 is 15.9 Å². The van der Waals surface area contributed by atoms with Gasteiger partial charge in [0.1, 0.15) is 0 Å². The molecule has 1 atom stereocenters. The average molecular weight is 364 g/mol. The number of ether oxygens (including phenoxy) is 1. The van der Waals surface area contributed by atoms with Crippen LogP contribution in [0.3, 0.4) is 0 Å². The molecular formula is C12H14BrNO5S. The van der Waals surface area contributed by atoms with Gasteiger partial charge >= 0.3 is 5.97 Å². The van der Waals surface area contributed by atoms with Gasteiger partial charge < -0.3 is 9.84 Å². The van der Waals surface area contributed by atoms with Crippen molar-refractivity contribution in [1.82, 2.24) is 4.31 Å². The summed E-state index contributed by atoms with van der Waals surface area (Å²) in [7, 11) is -3.73. The zero-order valence-corrected chi connectivity index (χ0v) is 13.1. The molecular weight excluding hydrogens is 350 g/mol. The van der Waals surface area contributed by atoms with Gasteiger partial charge in [0.15, 0.2) is 6.10 Å². The van der Waals surface area contributed by atoms with E-state index in [1.54, 1.807) is 12.1 Å². The molecule has 0 bridgehead atoms. The summed E-state index contributed by atoms with van der Waals surface area (Å²) in [4.78, 5) is 11.1. The number of sulfonamides is 1. The van der Waals surface area contributed by atoms with Gasteiger partial charge in [0.25, 0.3) is 0 Å². The number of morpholine rings is 1. The van der Waals surface area contributed by atoms with E-state index in [2.05, 4.69) is 15.9 Å². The fraction of sp³-hybridized carbons (Fsp3) is 0.417. The SMILES string of the molecule is Cc1ccc(S(=O)(=O)N2CCOC(C(=O)O)C2)c(Br)c1. The molecule has 1 aliphatic rings. The van der Waals surface area contributed by atoms with Crippen LogP contribution in [0.4, 0.5) is 0 Å². The second kappa shape index (κ2) is 5.80. The van der Waals surface area contributed by atoms with E-state index in [0.717, 1.165) is 9.87 Å². The largest absolute Gasteiger partial charge is 0.479 e. The third kappa shape index (κ3) is 3.03. The quantitative estimate of drug-likeness (QED) is 0.872. The first-order valence-corrected chi connectivity index (χ1v) is 8.16. The van der Waals surface area contributed by atoms with E-state index in [0.29, 0.717) is 4.47 Å². The molecule has 1 saturated heterocycles. The number of carboxylic acid groups (broad SMARTS) is 1. The van der Waals surface area contributed by atoms with Crippen LogP contribution in [0.5, 0.6) is 0 Å². The van der Waals surface area contributed by atoms with Crippen LogP contribution < -0.4 is 0 Å². The molecule has 110 valence electrons. The van der Waals surface area contributed by atoms with Crippen LogP contribution in [0, 0.1) is 6.92 Å². The highest BCUT2D eigenvalue weighted by atomic mass is 79.9. The van der Waals surface area contributed by atoms with Gasteiger partial charge in [0.2, 0.25) is 10.0 Å². The molecule has 0 aromatic heterocycles. The van der Waals surface area contributed by atoms with Gasteiger partial charge in [-0.25, -0.2) is 13.2 Å². The van der Waals surface area contributed by atoms with Crippen molar-refractivity contribution in [3.63, 3.8) is 0 Å². The summed E-state index contributed by atoms with van der Waals surface area (Å²) in [6.07, 6.45) is -1.12. The number of nitrogens with zero attached hydrogens (tertiary/aromatic N) is 1.